The van der Waals surface area contributed by atoms with Crippen LogP contribution in [0.1, 0.15) is 48.8 Å². The van der Waals surface area contributed by atoms with Crippen molar-refractivity contribution in [1.82, 2.24) is 25.4 Å². The number of nitriles is 1. The minimum atomic E-state index is 0.253. The van der Waals surface area contributed by atoms with E-state index in [1.807, 2.05) is 24.4 Å². The predicted octanol–water partition coefficient (Wildman–Crippen LogP) is 4.81. The summed E-state index contributed by atoms with van der Waals surface area (Å²) in [6.07, 6.45) is 5.53. The molecule has 2 N–H and O–H groups in total. The summed E-state index contributed by atoms with van der Waals surface area (Å²) in [5.74, 6) is 2.79. The second kappa shape index (κ2) is 9.49. The molecule has 0 spiro atoms. The quantitative estimate of drug-likeness (QED) is 0.393. The molecule has 2 aromatic heterocycles. The van der Waals surface area contributed by atoms with Gasteiger partial charge in [-0.2, -0.15) is 10.2 Å². The molecular weight excluding hydrogens is 428 g/mol. The van der Waals surface area contributed by atoms with Crippen molar-refractivity contribution in [2.24, 2.45) is 5.92 Å². The van der Waals surface area contributed by atoms with Crippen LogP contribution in [0, 0.1) is 17.2 Å². The van der Waals surface area contributed by atoms with Crippen LogP contribution in [0.5, 0.6) is 5.75 Å². The van der Waals surface area contributed by atoms with Crippen LogP contribution in [0.15, 0.2) is 53.3 Å². The number of hydrogen-bond acceptors (Lipinski definition) is 7. The van der Waals surface area contributed by atoms with Crippen molar-refractivity contribution in [2.75, 3.05) is 6.61 Å². The average Bonchev–Trinajstić information content (AvgIpc) is 3.62. The summed E-state index contributed by atoms with van der Waals surface area (Å²) in [5, 5.41) is 17.4. The zero-order valence-electron chi connectivity index (χ0n) is 19.2. The Balaban J connectivity index is 1.37. The zero-order valence-corrected chi connectivity index (χ0v) is 19.2. The van der Waals surface area contributed by atoms with Gasteiger partial charge in [0.05, 0.1) is 18.7 Å². The van der Waals surface area contributed by atoms with Gasteiger partial charge < -0.3 is 19.6 Å². The summed E-state index contributed by atoms with van der Waals surface area (Å²) in [6.45, 7) is 5.37. The molecule has 1 aliphatic carbocycles. The van der Waals surface area contributed by atoms with Crippen molar-refractivity contribution < 1.29 is 9.26 Å². The Morgan fingerprint density at radius 1 is 1.29 bits per heavy atom. The summed E-state index contributed by atoms with van der Waals surface area (Å²) < 4.78 is 11.3. The number of ether oxygens (including phenoxy) is 1. The van der Waals surface area contributed by atoms with E-state index in [-0.39, 0.29) is 6.04 Å². The number of rotatable bonds is 8. The highest BCUT2D eigenvalue weighted by molar-refractivity contribution is 5.67. The molecule has 0 saturated heterocycles. The Morgan fingerprint density at radius 2 is 2.21 bits per heavy atom. The van der Waals surface area contributed by atoms with E-state index >= 15 is 0 Å². The first-order valence-corrected chi connectivity index (χ1v) is 11.5. The molecule has 1 aliphatic rings. The smallest absolute Gasteiger partial charge is 0.258 e. The Labute approximate surface area is 198 Å². The molecule has 8 nitrogen and oxygen atoms in total. The van der Waals surface area contributed by atoms with E-state index < -0.39 is 0 Å². The number of aromatic nitrogens is 4. The third-order valence-electron chi connectivity index (χ3n) is 5.93. The van der Waals surface area contributed by atoms with Crippen LogP contribution >= 0.6 is 0 Å². The lowest BCUT2D eigenvalue weighted by Gasteiger charge is -2.13. The molecule has 5 rings (SSSR count). The first kappa shape index (κ1) is 21.9. The van der Waals surface area contributed by atoms with Gasteiger partial charge in [-0.15, -0.1) is 0 Å². The number of benzene rings is 2. The van der Waals surface area contributed by atoms with E-state index in [4.69, 9.17) is 9.26 Å². The van der Waals surface area contributed by atoms with Gasteiger partial charge in [-0.1, -0.05) is 37.2 Å². The van der Waals surface area contributed by atoms with Gasteiger partial charge in [-0.25, -0.2) is 4.98 Å². The van der Waals surface area contributed by atoms with Gasteiger partial charge in [0.1, 0.15) is 17.6 Å². The van der Waals surface area contributed by atoms with Crippen molar-refractivity contribution in [3.8, 4) is 34.7 Å². The lowest BCUT2D eigenvalue weighted by Crippen LogP contribution is -2.19. The Morgan fingerprint density at radius 3 is 3.00 bits per heavy atom. The summed E-state index contributed by atoms with van der Waals surface area (Å²) >= 11 is 0. The van der Waals surface area contributed by atoms with Crippen molar-refractivity contribution in [3.63, 3.8) is 0 Å². The average molecular weight is 455 g/mol. The van der Waals surface area contributed by atoms with Gasteiger partial charge in [0.15, 0.2) is 0 Å². The summed E-state index contributed by atoms with van der Waals surface area (Å²) in [5.41, 5.74) is 4.62. The van der Waals surface area contributed by atoms with E-state index in [1.165, 1.54) is 11.1 Å². The van der Waals surface area contributed by atoms with Crippen molar-refractivity contribution >= 4 is 0 Å². The van der Waals surface area contributed by atoms with E-state index in [9.17, 15) is 5.26 Å². The fourth-order valence-electron chi connectivity index (χ4n) is 4.27. The lowest BCUT2D eigenvalue weighted by atomic mass is 10.0. The molecule has 172 valence electrons. The van der Waals surface area contributed by atoms with Gasteiger partial charge in [-0.3, -0.25) is 0 Å². The van der Waals surface area contributed by atoms with E-state index in [0.717, 1.165) is 24.2 Å². The molecule has 0 amide bonds. The molecule has 0 aliphatic heterocycles. The second-order valence-corrected chi connectivity index (χ2v) is 8.83. The highest BCUT2D eigenvalue weighted by Gasteiger charge is 2.26. The summed E-state index contributed by atoms with van der Waals surface area (Å²) in [4.78, 5) is 12.1. The van der Waals surface area contributed by atoms with Gasteiger partial charge in [-0.05, 0) is 48.1 Å². The standard InChI is InChI=1S/C26H26N6O2/c1-16(2)15-33-23-9-6-17(12-18(23)13-27)26-31-25(32-34-26)21-5-3-4-20-19(21)7-8-22(20)30-14-24-28-10-11-29-24/h3-6,9-12,16,22,30H,7-8,14-15H2,1-2H3,(H,28,29)/t22-/m0/s1. The van der Waals surface area contributed by atoms with Crippen LogP contribution in [0.2, 0.25) is 0 Å². The maximum atomic E-state index is 9.56. The fraction of sp³-hybridized carbons (Fsp3) is 0.308. The first-order chi connectivity index (χ1) is 16.6. The normalized spacial score (nSPS) is 14.8. The molecular formula is C26H26N6O2. The Kier molecular flexibility index (Phi) is 6.11. The number of imidazole rings is 1. The molecule has 0 unspecified atom stereocenters. The molecule has 1 atom stereocenters. The number of H-pyrrole nitrogens is 1. The summed E-state index contributed by atoms with van der Waals surface area (Å²) in [6, 6.07) is 14.0. The third-order valence-corrected chi connectivity index (χ3v) is 5.93. The van der Waals surface area contributed by atoms with E-state index in [2.05, 4.69) is 51.4 Å². The molecule has 0 bridgehead atoms. The number of aromatic amines is 1. The molecule has 0 radical (unpaired) electrons. The van der Waals surface area contributed by atoms with E-state index in [1.54, 1.807) is 18.3 Å². The fourth-order valence-corrected chi connectivity index (χ4v) is 4.27. The van der Waals surface area contributed by atoms with E-state index in [0.29, 0.717) is 47.7 Å². The van der Waals surface area contributed by atoms with Crippen LogP contribution in [0.25, 0.3) is 22.8 Å². The van der Waals surface area contributed by atoms with Crippen LogP contribution in [-0.4, -0.2) is 26.7 Å². The van der Waals surface area contributed by atoms with Crippen LogP contribution in [0.3, 0.4) is 0 Å². The number of fused-ring (bicyclic) bond motifs is 1. The topological polar surface area (TPSA) is 113 Å². The second-order valence-electron chi connectivity index (χ2n) is 8.83. The van der Waals surface area contributed by atoms with Gasteiger partial charge >= 0.3 is 0 Å². The lowest BCUT2D eigenvalue weighted by molar-refractivity contribution is 0.270. The molecule has 2 aromatic carbocycles. The highest BCUT2D eigenvalue weighted by atomic mass is 16.5. The molecule has 0 saturated carbocycles. The number of nitrogens with one attached hydrogen (secondary N) is 2. The van der Waals surface area contributed by atoms with Crippen LogP contribution in [0.4, 0.5) is 0 Å². The first-order valence-electron chi connectivity index (χ1n) is 11.5. The van der Waals surface area contributed by atoms with Crippen molar-refractivity contribution in [2.45, 2.75) is 39.3 Å². The number of hydrogen-bond donors (Lipinski definition) is 2. The van der Waals surface area contributed by atoms with Crippen LogP contribution < -0.4 is 10.1 Å². The minimum absolute atomic E-state index is 0.253. The zero-order chi connectivity index (χ0) is 23.5. The number of nitrogens with zero attached hydrogens (tertiary/aromatic N) is 4. The molecule has 4 aromatic rings. The molecule has 2 heterocycles. The highest BCUT2D eigenvalue weighted by Crippen LogP contribution is 2.37. The van der Waals surface area contributed by atoms with Crippen molar-refractivity contribution in [3.05, 3.63) is 71.3 Å². The largest absolute Gasteiger partial charge is 0.492 e. The third kappa shape index (κ3) is 4.43. The SMILES string of the molecule is CC(C)COc1ccc(-c2nc(-c3cccc4c3CC[C@@H]4NCc3ncc[nH]3)no2)cc1C#N. The van der Waals surface area contributed by atoms with Gasteiger partial charge in [0.25, 0.3) is 5.89 Å². The maximum absolute atomic E-state index is 9.56. The summed E-state index contributed by atoms with van der Waals surface area (Å²) in [7, 11) is 0. The van der Waals surface area contributed by atoms with Crippen molar-refractivity contribution in [1.29, 1.82) is 5.26 Å². The monoisotopic (exact) mass is 454 g/mol. The Bertz CT molecular complexity index is 1320. The molecule has 0 fully saturated rings. The maximum Gasteiger partial charge on any atom is 0.258 e. The van der Waals surface area contributed by atoms with Gasteiger partial charge in [0, 0.05) is 29.6 Å². The minimum Gasteiger partial charge on any atom is -0.492 e. The predicted molar refractivity (Wildman–Crippen MR) is 127 cm³/mol. The molecule has 34 heavy (non-hydrogen) atoms. The van der Waals surface area contributed by atoms with Crippen LogP contribution in [-0.2, 0) is 13.0 Å². The Hall–Kier alpha value is -3.96. The molecule has 8 heteroatoms. The van der Waals surface area contributed by atoms with Gasteiger partial charge in [0.2, 0.25) is 5.82 Å².